The summed E-state index contributed by atoms with van der Waals surface area (Å²) in [7, 11) is 0. The number of unbranched alkanes of at least 4 members (excludes halogenated alkanes) is 2. The molecule has 144 valence electrons. The first kappa shape index (κ1) is 19.4. The first-order chi connectivity index (χ1) is 13.1. The third-order valence-electron chi connectivity index (χ3n) is 4.78. The summed E-state index contributed by atoms with van der Waals surface area (Å²) in [4.78, 5) is 25.7. The minimum absolute atomic E-state index is 0.242. The Kier molecular flexibility index (Phi) is 6.50. The Morgan fingerprint density at radius 3 is 2.59 bits per heavy atom. The first-order valence-electron chi connectivity index (χ1n) is 9.58. The Hall–Kier alpha value is -2.34. The van der Waals surface area contributed by atoms with Crippen LogP contribution >= 0.6 is 11.3 Å². The number of rotatable bonds is 8. The number of benzene rings is 1. The molecule has 0 saturated carbocycles. The Morgan fingerprint density at radius 1 is 1.15 bits per heavy atom. The zero-order chi connectivity index (χ0) is 19.2. The van der Waals surface area contributed by atoms with Crippen LogP contribution in [0.25, 0.3) is 0 Å². The van der Waals surface area contributed by atoms with Gasteiger partial charge >= 0.3 is 0 Å². The number of anilines is 1. The fraction of sp³-hybridized carbons (Fsp3) is 0.429. The van der Waals surface area contributed by atoms with Crippen molar-refractivity contribution in [1.82, 2.24) is 0 Å². The van der Waals surface area contributed by atoms with Gasteiger partial charge in [-0.2, -0.15) is 0 Å². The van der Waals surface area contributed by atoms with Crippen LogP contribution in [0.15, 0.2) is 24.3 Å². The van der Waals surface area contributed by atoms with Gasteiger partial charge < -0.3 is 15.8 Å². The van der Waals surface area contributed by atoms with Crippen molar-refractivity contribution < 1.29 is 14.3 Å². The highest BCUT2D eigenvalue weighted by atomic mass is 32.1. The van der Waals surface area contributed by atoms with Crippen LogP contribution in [0.4, 0.5) is 5.00 Å². The lowest BCUT2D eigenvalue weighted by atomic mass is 9.95. The summed E-state index contributed by atoms with van der Waals surface area (Å²) < 4.78 is 5.68. The van der Waals surface area contributed by atoms with Crippen LogP contribution in [0.2, 0.25) is 0 Å². The van der Waals surface area contributed by atoms with E-state index in [1.807, 2.05) is 0 Å². The van der Waals surface area contributed by atoms with Gasteiger partial charge in [-0.05, 0) is 61.9 Å². The van der Waals surface area contributed by atoms with Gasteiger partial charge in [-0.15, -0.1) is 11.3 Å². The minimum atomic E-state index is -0.472. The second kappa shape index (κ2) is 9.04. The van der Waals surface area contributed by atoms with Gasteiger partial charge in [0.1, 0.15) is 10.8 Å². The standard InChI is InChI=1S/C21H26N2O3S/c1-2-3-6-13-26-15-11-9-14(10-12-15)20(25)23-21-18(19(22)24)16-7-4-5-8-17(16)27-21/h9-12H,2-8,13H2,1H3,(H2,22,24)(H,23,25). The highest BCUT2D eigenvalue weighted by Crippen LogP contribution is 2.38. The predicted molar refractivity (Wildman–Crippen MR) is 109 cm³/mol. The quantitative estimate of drug-likeness (QED) is 0.653. The Morgan fingerprint density at radius 2 is 1.89 bits per heavy atom. The fourth-order valence-electron chi connectivity index (χ4n) is 3.33. The molecule has 1 aliphatic rings. The topological polar surface area (TPSA) is 81.4 Å². The van der Waals surface area contributed by atoms with Crippen LogP contribution in [0, 0.1) is 0 Å². The maximum atomic E-state index is 12.6. The van der Waals surface area contributed by atoms with Crippen molar-refractivity contribution in [2.45, 2.75) is 51.9 Å². The molecule has 3 N–H and O–H groups in total. The van der Waals surface area contributed by atoms with Crippen molar-refractivity contribution in [3.8, 4) is 5.75 Å². The van der Waals surface area contributed by atoms with Gasteiger partial charge in [0.15, 0.2) is 0 Å². The van der Waals surface area contributed by atoms with Gasteiger partial charge in [-0.25, -0.2) is 0 Å². The second-order valence-electron chi connectivity index (χ2n) is 6.81. The third-order valence-corrected chi connectivity index (χ3v) is 5.99. The summed E-state index contributed by atoms with van der Waals surface area (Å²) >= 11 is 1.47. The Bertz CT molecular complexity index is 812. The Balaban J connectivity index is 1.68. The number of thiophene rings is 1. The molecule has 1 aliphatic carbocycles. The van der Waals surface area contributed by atoms with E-state index in [2.05, 4.69) is 12.2 Å². The molecule has 0 radical (unpaired) electrons. The number of aryl methyl sites for hydroxylation is 1. The molecule has 5 nitrogen and oxygen atoms in total. The normalized spacial score (nSPS) is 13.1. The van der Waals surface area contributed by atoms with Crippen molar-refractivity contribution >= 4 is 28.2 Å². The minimum Gasteiger partial charge on any atom is -0.494 e. The van der Waals surface area contributed by atoms with Gasteiger partial charge in [-0.3, -0.25) is 9.59 Å². The number of hydrogen-bond acceptors (Lipinski definition) is 4. The van der Waals surface area contributed by atoms with Crippen LogP contribution in [0.3, 0.4) is 0 Å². The number of fused-ring (bicyclic) bond motifs is 1. The second-order valence-corrected chi connectivity index (χ2v) is 7.92. The van der Waals surface area contributed by atoms with Gasteiger partial charge in [0.2, 0.25) is 0 Å². The van der Waals surface area contributed by atoms with E-state index >= 15 is 0 Å². The average molecular weight is 387 g/mol. The van der Waals surface area contributed by atoms with Crippen molar-refractivity contribution in [2.75, 3.05) is 11.9 Å². The fourth-order valence-corrected chi connectivity index (χ4v) is 4.62. The zero-order valence-corrected chi connectivity index (χ0v) is 16.5. The lowest BCUT2D eigenvalue weighted by molar-refractivity contribution is 0.100. The summed E-state index contributed by atoms with van der Waals surface area (Å²) in [6.07, 6.45) is 7.28. The van der Waals surface area contributed by atoms with Crippen LogP contribution in [0.5, 0.6) is 5.75 Å². The number of ether oxygens (including phenoxy) is 1. The van der Waals surface area contributed by atoms with Crippen molar-refractivity contribution in [3.05, 3.63) is 45.8 Å². The number of amides is 2. The SMILES string of the molecule is CCCCCOc1ccc(C(=O)Nc2sc3c(c2C(N)=O)CCCC3)cc1. The molecule has 0 unspecified atom stereocenters. The summed E-state index contributed by atoms with van der Waals surface area (Å²) in [5.41, 5.74) is 7.61. The zero-order valence-electron chi connectivity index (χ0n) is 15.7. The van der Waals surface area contributed by atoms with E-state index in [0.717, 1.165) is 56.3 Å². The molecular formula is C21H26N2O3S. The smallest absolute Gasteiger partial charge is 0.256 e. The molecule has 1 heterocycles. The Labute approximate surface area is 163 Å². The lowest BCUT2D eigenvalue weighted by Gasteiger charge is -2.11. The molecular weight excluding hydrogens is 360 g/mol. The first-order valence-corrected chi connectivity index (χ1v) is 10.4. The van der Waals surface area contributed by atoms with E-state index in [9.17, 15) is 9.59 Å². The van der Waals surface area contributed by atoms with Gasteiger partial charge in [0.25, 0.3) is 11.8 Å². The van der Waals surface area contributed by atoms with E-state index in [0.29, 0.717) is 22.7 Å². The number of nitrogens with one attached hydrogen (secondary N) is 1. The lowest BCUT2D eigenvalue weighted by Crippen LogP contribution is -2.18. The van der Waals surface area contributed by atoms with Gasteiger partial charge in [0.05, 0.1) is 12.2 Å². The predicted octanol–water partition coefficient (Wildman–Crippen LogP) is 4.55. The monoisotopic (exact) mass is 386 g/mol. The van der Waals surface area contributed by atoms with E-state index in [4.69, 9.17) is 10.5 Å². The van der Waals surface area contributed by atoms with Crippen molar-refractivity contribution in [3.63, 3.8) is 0 Å². The van der Waals surface area contributed by atoms with Crippen molar-refractivity contribution in [1.29, 1.82) is 0 Å². The van der Waals surface area contributed by atoms with Crippen molar-refractivity contribution in [2.24, 2.45) is 5.73 Å². The summed E-state index contributed by atoms with van der Waals surface area (Å²) in [5, 5.41) is 3.45. The molecule has 0 aliphatic heterocycles. The number of primary amides is 1. The van der Waals surface area contributed by atoms with E-state index in [-0.39, 0.29) is 5.91 Å². The molecule has 27 heavy (non-hydrogen) atoms. The molecule has 1 aromatic heterocycles. The van der Waals surface area contributed by atoms with Crippen LogP contribution in [-0.4, -0.2) is 18.4 Å². The molecule has 0 spiro atoms. The molecule has 0 bridgehead atoms. The molecule has 0 atom stereocenters. The van der Waals surface area contributed by atoms with E-state index < -0.39 is 5.91 Å². The van der Waals surface area contributed by atoms with Gasteiger partial charge in [0, 0.05) is 10.4 Å². The maximum absolute atomic E-state index is 12.6. The summed E-state index contributed by atoms with van der Waals surface area (Å²) in [6.45, 7) is 2.84. The van der Waals surface area contributed by atoms with E-state index in [1.165, 1.54) is 16.2 Å². The van der Waals surface area contributed by atoms with Crippen LogP contribution in [-0.2, 0) is 12.8 Å². The molecule has 2 aromatic rings. The molecule has 3 rings (SSSR count). The highest BCUT2D eigenvalue weighted by Gasteiger charge is 2.25. The molecule has 1 aromatic carbocycles. The molecule has 0 saturated heterocycles. The number of carbonyl (C=O) groups is 2. The summed E-state index contributed by atoms with van der Waals surface area (Å²) in [6, 6.07) is 7.08. The van der Waals surface area contributed by atoms with Crippen LogP contribution in [0.1, 0.15) is 70.2 Å². The van der Waals surface area contributed by atoms with Gasteiger partial charge in [-0.1, -0.05) is 19.8 Å². The van der Waals surface area contributed by atoms with E-state index in [1.54, 1.807) is 24.3 Å². The number of carbonyl (C=O) groups excluding carboxylic acids is 2. The largest absolute Gasteiger partial charge is 0.494 e. The highest BCUT2D eigenvalue weighted by molar-refractivity contribution is 7.17. The molecule has 0 fully saturated rings. The maximum Gasteiger partial charge on any atom is 0.256 e. The average Bonchev–Trinajstić information content (AvgIpc) is 3.03. The third kappa shape index (κ3) is 4.69. The number of nitrogens with two attached hydrogens (primary N) is 1. The summed E-state index contributed by atoms with van der Waals surface area (Å²) in [5.74, 6) is 0.0428. The molecule has 2 amide bonds. The number of hydrogen-bond donors (Lipinski definition) is 2. The van der Waals surface area contributed by atoms with Crippen LogP contribution < -0.4 is 15.8 Å². The molecule has 6 heteroatoms.